The fourth-order valence-electron chi connectivity index (χ4n) is 2.77. The monoisotopic (exact) mass is 318 g/mol. The van der Waals surface area contributed by atoms with Crippen LogP contribution in [0.1, 0.15) is 23.0 Å². The Balaban J connectivity index is 2.51. The molecule has 1 atom stereocenters. The third-order valence-corrected chi connectivity index (χ3v) is 3.79. The predicted molar refractivity (Wildman–Crippen MR) is 79.7 cm³/mol. The number of carbonyl (C=O) groups excluding carboxylic acids is 1. The number of phenols is 1. The molecule has 1 aliphatic carbocycles. The highest BCUT2D eigenvalue weighted by atomic mass is 16.5. The van der Waals surface area contributed by atoms with E-state index in [1.54, 1.807) is 0 Å². The molecule has 0 radical (unpaired) electrons. The van der Waals surface area contributed by atoms with Crippen molar-refractivity contribution in [3.8, 4) is 11.5 Å². The molecule has 0 spiro atoms. The minimum absolute atomic E-state index is 0.0760. The smallest absolute Gasteiger partial charge is 0.348 e. The van der Waals surface area contributed by atoms with Gasteiger partial charge in [0, 0.05) is 17.0 Å². The number of benzene rings is 1. The second-order valence-electron chi connectivity index (χ2n) is 5.35. The first-order valence-electron chi connectivity index (χ1n) is 6.72. The van der Waals surface area contributed by atoms with Gasteiger partial charge in [0.05, 0.1) is 14.2 Å². The molecule has 0 saturated carbocycles. The van der Waals surface area contributed by atoms with Gasteiger partial charge in [-0.3, -0.25) is 4.79 Å². The Morgan fingerprint density at radius 1 is 1.17 bits per heavy atom. The number of phenolic OH excluding ortho intramolecular Hbond substituents is 1. The van der Waals surface area contributed by atoms with Crippen molar-refractivity contribution in [2.75, 3.05) is 14.2 Å². The number of carbonyl (C=O) groups is 1. The first-order valence-corrected chi connectivity index (χ1v) is 6.72. The number of methoxy groups -OCH3 is 2. The number of fused-ring (bicyclic) bond motifs is 3. The summed E-state index contributed by atoms with van der Waals surface area (Å²) in [5, 5.41) is 20.8. The number of ether oxygens (including phenoxy) is 2. The van der Waals surface area contributed by atoms with Gasteiger partial charge in [-0.25, -0.2) is 4.79 Å². The lowest BCUT2D eigenvalue weighted by Crippen LogP contribution is -2.30. The minimum atomic E-state index is -1.64. The lowest BCUT2D eigenvalue weighted by molar-refractivity contribution is 0.0754. The molecular weight excluding hydrogens is 304 g/mol. The number of aromatic hydroxyl groups is 1. The van der Waals surface area contributed by atoms with Crippen LogP contribution in [0, 0.1) is 0 Å². The molecule has 0 aliphatic heterocycles. The largest absolute Gasteiger partial charge is 0.507 e. The maximum atomic E-state index is 12.3. The van der Waals surface area contributed by atoms with E-state index in [-0.39, 0.29) is 39.4 Å². The topological polar surface area (TPSA) is 106 Å². The van der Waals surface area contributed by atoms with Gasteiger partial charge in [-0.1, -0.05) is 0 Å². The quantitative estimate of drug-likeness (QED) is 0.863. The summed E-state index contributed by atoms with van der Waals surface area (Å²) < 4.78 is 15.1. The third kappa shape index (κ3) is 2.08. The SMILES string of the molecule is COC1=C[C@@](C)(O)c2c(oc(=O)c3c(O)cc(OC)cc23)C1=O. The van der Waals surface area contributed by atoms with Gasteiger partial charge >= 0.3 is 5.63 Å². The van der Waals surface area contributed by atoms with E-state index in [4.69, 9.17) is 13.9 Å². The summed E-state index contributed by atoms with van der Waals surface area (Å²) in [4.78, 5) is 24.5. The van der Waals surface area contributed by atoms with Crippen molar-refractivity contribution in [3.63, 3.8) is 0 Å². The number of Topliss-reactive ketones (excluding diaryl/α,β-unsaturated/α-hetero) is 1. The van der Waals surface area contributed by atoms with Gasteiger partial charge in [0.15, 0.2) is 11.5 Å². The molecule has 0 fully saturated rings. The molecule has 2 N–H and O–H groups in total. The molecule has 1 aliphatic rings. The van der Waals surface area contributed by atoms with Crippen LogP contribution in [0.25, 0.3) is 10.8 Å². The van der Waals surface area contributed by atoms with E-state index in [1.807, 2.05) is 0 Å². The Labute approximate surface area is 130 Å². The number of aliphatic hydroxyl groups is 1. The Kier molecular flexibility index (Phi) is 3.19. The second-order valence-corrected chi connectivity index (χ2v) is 5.35. The van der Waals surface area contributed by atoms with Gasteiger partial charge in [0.2, 0.25) is 0 Å². The fraction of sp³-hybridized carbons (Fsp3) is 0.250. The van der Waals surface area contributed by atoms with Gasteiger partial charge in [-0.05, 0) is 19.1 Å². The number of hydrogen-bond donors (Lipinski definition) is 2. The lowest BCUT2D eigenvalue weighted by Gasteiger charge is -2.27. The van der Waals surface area contributed by atoms with Crippen LogP contribution in [0.5, 0.6) is 11.5 Å². The molecule has 23 heavy (non-hydrogen) atoms. The Hall–Kier alpha value is -2.80. The van der Waals surface area contributed by atoms with Crippen LogP contribution >= 0.6 is 0 Å². The van der Waals surface area contributed by atoms with E-state index in [0.29, 0.717) is 0 Å². The van der Waals surface area contributed by atoms with Crippen molar-refractivity contribution in [2.45, 2.75) is 12.5 Å². The molecule has 0 amide bonds. The van der Waals surface area contributed by atoms with Crippen LogP contribution in [-0.2, 0) is 10.3 Å². The zero-order chi connectivity index (χ0) is 16.9. The van der Waals surface area contributed by atoms with Crippen molar-refractivity contribution in [2.24, 2.45) is 0 Å². The maximum Gasteiger partial charge on any atom is 0.348 e. The van der Waals surface area contributed by atoms with Crippen molar-refractivity contribution in [3.05, 3.63) is 45.7 Å². The first kappa shape index (κ1) is 15.1. The van der Waals surface area contributed by atoms with Crippen LogP contribution < -0.4 is 10.4 Å². The van der Waals surface area contributed by atoms with Crippen molar-refractivity contribution in [1.29, 1.82) is 0 Å². The third-order valence-electron chi connectivity index (χ3n) is 3.79. The Bertz CT molecular complexity index is 918. The molecule has 1 aromatic carbocycles. The standard InChI is InChI=1S/C16H14O7/c1-16(20)6-10(22-3)13(18)14-12(16)8-4-7(21-2)5-9(17)11(8)15(19)23-14/h4-6,17,20H,1-3H3/t16-/m1/s1. The zero-order valence-corrected chi connectivity index (χ0v) is 12.7. The minimum Gasteiger partial charge on any atom is -0.507 e. The van der Waals surface area contributed by atoms with Crippen molar-refractivity contribution >= 4 is 16.6 Å². The molecule has 3 rings (SSSR count). The summed E-state index contributed by atoms with van der Waals surface area (Å²) in [6, 6.07) is 2.71. The van der Waals surface area contributed by atoms with E-state index >= 15 is 0 Å². The molecule has 7 nitrogen and oxygen atoms in total. The average Bonchev–Trinajstić information content (AvgIpc) is 2.49. The van der Waals surface area contributed by atoms with E-state index in [2.05, 4.69) is 0 Å². The molecule has 1 heterocycles. The summed E-state index contributed by atoms with van der Waals surface area (Å²) in [7, 11) is 2.67. The summed E-state index contributed by atoms with van der Waals surface area (Å²) >= 11 is 0. The van der Waals surface area contributed by atoms with E-state index < -0.39 is 17.0 Å². The van der Waals surface area contributed by atoms with Crippen LogP contribution in [0.3, 0.4) is 0 Å². The summed E-state index contributed by atoms with van der Waals surface area (Å²) in [6.07, 6.45) is 1.23. The van der Waals surface area contributed by atoms with Gasteiger partial charge in [-0.2, -0.15) is 0 Å². The Morgan fingerprint density at radius 2 is 1.87 bits per heavy atom. The van der Waals surface area contributed by atoms with Crippen LogP contribution in [0.15, 0.2) is 33.2 Å². The zero-order valence-electron chi connectivity index (χ0n) is 12.7. The van der Waals surface area contributed by atoms with Crippen molar-refractivity contribution in [1.82, 2.24) is 0 Å². The highest BCUT2D eigenvalue weighted by molar-refractivity contribution is 6.11. The number of hydrogen-bond acceptors (Lipinski definition) is 7. The lowest BCUT2D eigenvalue weighted by atomic mass is 9.84. The van der Waals surface area contributed by atoms with Crippen LogP contribution in [0.4, 0.5) is 0 Å². The molecule has 120 valence electrons. The van der Waals surface area contributed by atoms with Crippen LogP contribution in [0.2, 0.25) is 0 Å². The maximum absolute atomic E-state index is 12.3. The molecule has 1 aromatic heterocycles. The highest BCUT2D eigenvalue weighted by Gasteiger charge is 2.39. The molecule has 0 bridgehead atoms. The van der Waals surface area contributed by atoms with Gasteiger partial charge < -0.3 is 24.1 Å². The summed E-state index contributed by atoms with van der Waals surface area (Å²) in [5.74, 6) is -1.19. The number of allylic oxidation sites excluding steroid dienone is 1. The summed E-state index contributed by atoms with van der Waals surface area (Å²) in [6.45, 7) is 1.42. The fourth-order valence-corrected chi connectivity index (χ4v) is 2.77. The molecule has 2 aromatic rings. The summed E-state index contributed by atoms with van der Waals surface area (Å²) in [5.41, 5.74) is -2.45. The van der Waals surface area contributed by atoms with E-state index in [0.717, 1.165) is 0 Å². The molecule has 0 saturated heterocycles. The van der Waals surface area contributed by atoms with Gasteiger partial charge in [-0.15, -0.1) is 0 Å². The predicted octanol–water partition coefficient (Wildman–Crippen LogP) is 1.44. The Morgan fingerprint density at radius 3 is 2.48 bits per heavy atom. The van der Waals surface area contributed by atoms with Gasteiger partial charge in [0.25, 0.3) is 5.78 Å². The van der Waals surface area contributed by atoms with E-state index in [9.17, 15) is 19.8 Å². The normalized spacial score (nSPS) is 20.2. The highest BCUT2D eigenvalue weighted by Crippen LogP contribution is 2.40. The molecular formula is C16H14O7. The second kappa shape index (κ2) is 4.85. The van der Waals surface area contributed by atoms with E-state index in [1.165, 1.54) is 39.4 Å². The number of rotatable bonds is 2. The van der Waals surface area contributed by atoms with Gasteiger partial charge in [0.1, 0.15) is 22.5 Å². The molecule has 7 heteroatoms. The first-order chi connectivity index (χ1) is 10.8. The average molecular weight is 318 g/mol. The van der Waals surface area contributed by atoms with Crippen LogP contribution in [-0.4, -0.2) is 30.2 Å². The number of ketones is 1. The van der Waals surface area contributed by atoms with Crippen molar-refractivity contribution < 1.29 is 28.9 Å². The molecule has 0 unspecified atom stereocenters.